The van der Waals surface area contributed by atoms with Crippen molar-refractivity contribution in [2.75, 3.05) is 16.8 Å². The number of halogens is 12. The van der Waals surface area contributed by atoms with Gasteiger partial charge in [-0.3, -0.25) is 23.2 Å². The van der Waals surface area contributed by atoms with Crippen LogP contribution in [0.4, 0.5) is 54.5 Å². The standard InChI is InChI=1S/C39H31Cl2F10N7O4S2/c1-36(2,63(3)61)11-9-22-5-6-23(24-7-8-26(40)29-31(24)57(18-38(46,47)48)55-34(29)58(35(41)60)64(4)62)30(52-22)27(15-19-13-20(42)16-21(43)14-19)53-28(59)17-56-33-25(10-12-37(33,44)45)32(54-56)39(49,50)51/h5-8,13-14,16,27H,10,12,15,17-18H2,1-4H3,(H,53,59). The molecule has 3 unspecified atom stereocenters. The third-order valence-corrected chi connectivity index (χ3v) is 12.8. The highest BCUT2D eigenvalue weighted by Crippen LogP contribution is 2.47. The first-order chi connectivity index (χ1) is 29.6. The molecular formula is C39H31Cl2F10N7O4S2. The number of aromatic nitrogens is 5. The van der Waals surface area contributed by atoms with Gasteiger partial charge >= 0.3 is 17.7 Å². The predicted molar refractivity (Wildman–Crippen MR) is 217 cm³/mol. The zero-order chi connectivity index (χ0) is 47.4. The number of benzene rings is 2. The minimum atomic E-state index is -5.18. The van der Waals surface area contributed by atoms with Crippen LogP contribution in [0.3, 0.4) is 0 Å². The van der Waals surface area contributed by atoms with Crippen molar-refractivity contribution < 1.29 is 61.9 Å². The van der Waals surface area contributed by atoms with Gasteiger partial charge in [0.25, 0.3) is 5.92 Å². The lowest BCUT2D eigenvalue weighted by molar-refractivity contribution is -0.142. The first kappa shape index (κ1) is 48.4. The molecule has 6 rings (SSSR count). The Morgan fingerprint density at radius 1 is 0.969 bits per heavy atom. The molecule has 3 heterocycles. The minimum Gasteiger partial charge on any atom is -0.346 e. The number of rotatable bonds is 11. The number of pyridine rings is 1. The van der Waals surface area contributed by atoms with E-state index in [1.807, 2.05) is 0 Å². The van der Waals surface area contributed by atoms with Crippen molar-refractivity contribution in [3.05, 3.63) is 93.0 Å². The second-order valence-corrected chi connectivity index (χ2v) is 18.7. The molecule has 0 saturated heterocycles. The summed E-state index contributed by atoms with van der Waals surface area (Å²) in [4.78, 5) is 31.0. The van der Waals surface area contributed by atoms with Crippen molar-refractivity contribution in [3.63, 3.8) is 0 Å². The van der Waals surface area contributed by atoms with Crippen LogP contribution in [0.5, 0.6) is 0 Å². The largest absolute Gasteiger partial charge is 0.435 e. The summed E-state index contributed by atoms with van der Waals surface area (Å²) in [5, 5.41) is 7.59. The Bertz CT molecular complexity index is 2780. The number of carbonyl (C=O) groups is 2. The van der Waals surface area contributed by atoms with Gasteiger partial charge in [0.15, 0.2) is 11.5 Å². The maximum Gasteiger partial charge on any atom is 0.435 e. The average Bonchev–Trinajstić information content (AvgIpc) is 3.81. The maximum absolute atomic E-state index is 15.1. The van der Waals surface area contributed by atoms with Crippen LogP contribution in [0, 0.1) is 23.5 Å². The first-order valence-corrected chi connectivity index (χ1v) is 22.2. The fourth-order valence-corrected chi connectivity index (χ4v) is 8.36. The van der Waals surface area contributed by atoms with E-state index >= 15 is 8.78 Å². The zero-order valence-electron chi connectivity index (χ0n) is 33.3. The Hall–Kier alpha value is -5.05. The van der Waals surface area contributed by atoms with Crippen LogP contribution in [-0.2, 0) is 64.6 Å². The summed E-state index contributed by atoms with van der Waals surface area (Å²) in [6.45, 7) is -0.0192. The van der Waals surface area contributed by atoms with Crippen LogP contribution < -0.4 is 9.62 Å². The number of carbonyl (C=O) groups excluding carboxylic acids is 2. The van der Waals surface area contributed by atoms with Crippen LogP contribution >= 0.6 is 23.2 Å². The van der Waals surface area contributed by atoms with Gasteiger partial charge in [-0.05, 0) is 80.1 Å². The molecule has 1 aliphatic rings. The third kappa shape index (κ3) is 10.2. The van der Waals surface area contributed by atoms with E-state index in [-0.39, 0.29) is 43.2 Å². The quantitative estimate of drug-likeness (QED) is 0.0606. The van der Waals surface area contributed by atoms with E-state index in [4.69, 9.17) is 23.2 Å². The van der Waals surface area contributed by atoms with Crippen molar-refractivity contribution in [2.45, 2.75) is 75.3 Å². The van der Waals surface area contributed by atoms with Gasteiger partial charge in [0.1, 0.15) is 51.8 Å². The number of nitrogens with one attached hydrogen (secondary N) is 1. The number of alkyl halides is 8. The fourth-order valence-electron chi connectivity index (χ4n) is 6.98. The lowest BCUT2D eigenvalue weighted by Crippen LogP contribution is -2.35. The normalized spacial score (nSPS) is 15.3. The number of hydrogen-bond donors (Lipinski definition) is 1. The van der Waals surface area contributed by atoms with Crippen LogP contribution in [0.2, 0.25) is 5.02 Å². The number of fused-ring (bicyclic) bond motifs is 2. The fraction of sp³-hybridized carbons (Fsp3) is 0.359. The summed E-state index contributed by atoms with van der Waals surface area (Å²) in [5.41, 5.74) is -5.08. The molecular weight excluding hydrogens is 955 g/mol. The van der Waals surface area contributed by atoms with Crippen molar-refractivity contribution in [1.82, 2.24) is 29.9 Å². The summed E-state index contributed by atoms with van der Waals surface area (Å²) in [5.74, 6) is -2.43. The third-order valence-electron chi connectivity index (χ3n) is 9.86. The molecule has 0 bridgehead atoms. The molecule has 0 saturated carbocycles. The van der Waals surface area contributed by atoms with Crippen LogP contribution in [0.25, 0.3) is 22.0 Å². The molecule has 2 aromatic carbocycles. The van der Waals surface area contributed by atoms with Gasteiger partial charge < -0.3 is 5.32 Å². The number of amides is 2. The van der Waals surface area contributed by atoms with E-state index in [0.29, 0.717) is 15.1 Å². The van der Waals surface area contributed by atoms with Crippen molar-refractivity contribution in [3.8, 4) is 23.0 Å². The average molecular weight is 987 g/mol. The summed E-state index contributed by atoms with van der Waals surface area (Å²) in [6, 6.07) is 5.47. The summed E-state index contributed by atoms with van der Waals surface area (Å²) < 4.78 is 169. The van der Waals surface area contributed by atoms with Gasteiger partial charge in [0.05, 0.1) is 27.7 Å². The number of hydrogen-bond acceptors (Lipinski definition) is 7. The molecule has 0 spiro atoms. The summed E-state index contributed by atoms with van der Waals surface area (Å²) in [7, 11) is -3.87. The maximum atomic E-state index is 15.1. The number of nitrogens with zero attached hydrogens (tertiary/aromatic N) is 6. The van der Waals surface area contributed by atoms with Gasteiger partial charge in [0.2, 0.25) is 5.91 Å². The molecule has 0 aliphatic heterocycles. The van der Waals surface area contributed by atoms with E-state index in [2.05, 4.69) is 32.3 Å². The van der Waals surface area contributed by atoms with E-state index in [9.17, 15) is 53.1 Å². The molecule has 25 heteroatoms. The Morgan fingerprint density at radius 2 is 1.61 bits per heavy atom. The van der Waals surface area contributed by atoms with Crippen LogP contribution in [-0.4, -0.2) is 67.7 Å². The number of anilines is 1. The minimum absolute atomic E-state index is 0.128. The highest BCUT2D eigenvalue weighted by Gasteiger charge is 2.50. The molecule has 342 valence electrons. The Balaban J connectivity index is 1.63. The van der Waals surface area contributed by atoms with E-state index < -0.39 is 134 Å². The van der Waals surface area contributed by atoms with Crippen molar-refractivity contribution in [2.24, 2.45) is 0 Å². The van der Waals surface area contributed by atoms with Gasteiger partial charge in [-0.15, -0.1) is 0 Å². The summed E-state index contributed by atoms with van der Waals surface area (Å²) >= 11 is 12.2. The molecule has 1 N–H and O–H groups in total. The molecule has 0 radical (unpaired) electrons. The molecule has 64 heavy (non-hydrogen) atoms. The first-order valence-electron chi connectivity index (χ1n) is 18.3. The second kappa shape index (κ2) is 17.7. The molecule has 1 aliphatic carbocycles. The SMILES string of the molecule is CS(=O)N(C(=O)Cl)c1nn(CC(F)(F)F)c2c(-c3ccc(C#CC(C)(C)S(C)=O)nc3C(Cc3cc(F)cc(F)c3)NC(=O)Cn3nc(C(F)(F)F)c4c3C(F)(F)CC4)ccc(Cl)c12. The molecule has 0 fully saturated rings. The monoisotopic (exact) mass is 985 g/mol. The van der Waals surface area contributed by atoms with E-state index in [1.54, 1.807) is 0 Å². The van der Waals surface area contributed by atoms with Gasteiger partial charge in [-0.2, -0.15) is 49.6 Å². The smallest absolute Gasteiger partial charge is 0.346 e. The van der Waals surface area contributed by atoms with Crippen molar-refractivity contribution >= 4 is 73.0 Å². The Morgan fingerprint density at radius 3 is 2.19 bits per heavy atom. The van der Waals surface area contributed by atoms with Crippen molar-refractivity contribution in [1.29, 1.82) is 0 Å². The van der Waals surface area contributed by atoms with Gasteiger partial charge in [0, 0.05) is 52.5 Å². The molecule has 2 amide bonds. The molecule has 3 aromatic heterocycles. The van der Waals surface area contributed by atoms with Crippen LogP contribution in [0.1, 0.15) is 60.2 Å². The highest BCUT2D eigenvalue weighted by molar-refractivity contribution is 7.86. The van der Waals surface area contributed by atoms with Gasteiger partial charge in [-0.25, -0.2) is 18.0 Å². The molecule has 5 aromatic rings. The lowest BCUT2D eigenvalue weighted by Gasteiger charge is -2.23. The lowest BCUT2D eigenvalue weighted by atomic mass is 9.93. The van der Waals surface area contributed by atoms with E-state index in [0.717, 1.165) is 18.4 Å². The van der Waals surface area contributed by atoms with Crippen LogP contribution in [0.15, 0.2) is 42.5 Å². The Kier molecular flexibility index (Phi) is 13.4. The second-order valence-electron chi connectivity index (χ2n) is 14.9. The molecule has 3 atom stereocenters. The Labute approximate surface area is 371 Å². The predicted octanol–water partition coefficient (Wildman–Crippen LogP) is 8.91. The van der Waals surface area contributed by atoms with E-state index in [1.165, 1.54) is 44.4 Å². The zero-order valence-corrected chi connectivity index (χ0v) is 36.5. The topological polar surface area (TPSA) is 132 Å². The molecule has 11 nitrogen and oxygen atoms in total. The summed E-state index contributed by atoms with van der Waals surface area (Å²) in [6.07, 6.45) is -10.2. The highest BCUT2D eigenvalue weighted by atomic mass is 35.5. The van der Waals surface area contributed by atoms with Gasteiger partial charge in [-0.1, -0.05) is 23.6 Å².